The summed E-state index contributed by atoms with van der Waals surface area (Å²) in [5, 5.41) is 16.1. The van der Waals surface area contributed by atoms with E-state index in [9.17, 15) is 5.11 Å². The molecule has 2 N–H and O–H groups in total. The Labute approximate surface area is 255 Å². The molecule has 10 heteroatoms. The van der Waals surface area contributed by atoms with E-state index >= 15 is 4.39 Å². The zero-order valence-electron chi connectivity index (χ0n) is 24.7. The summed E-state index contributed by atoms with van der Waals surface area (Å²) in [5.74, 6) is 2.72. The van der Waals surface area contributed by atoms with Crippen LogP contribution in [0.15, 0.2) is 36.5 Å². The lowest BCUT2D eigenvalue weighted by Gasteiger charge is -2.34. The molecule has 4 aromatic rings. The number of hydrogen-bond acceptors (Lipinski definition) is 9. The molecule has 4 aliphatic heterocycles. The highest BCUT2D eigenvalue weighted by Crippen LogP contribution is 2.41. The van der Waals surface area contributed by atoms with Gasteiger partial charge in [-0.3, -0.25) is 9.88 Å². The van der Waals surface area contributed by atoms with Crippen LogP contribution in [0, 0.1) is 18.2 Å². The molecule has 4 saturated heterocycles. The van der Waals surface area contributed by atoms with Crippen molar-refractivity contribution in [1.29, 1.82) is 0 Å². The molecule has 4 aliphatic rings. The second kappa shape index (κ2) is 10.5. The summed E-state index contributed by atoms with van der Waals surface area (Å²) >= 11 is 0. The molecule has 8 rings (SSSR count). The molecular weight excluding hydrogens is 559 g/mol. The lowest BCUT2D eigenvalue weighted by Crippen LogP contribution is -2.51. The van der Waals surface area contributed by atoms with Crippen LogP contribution in [0.1, 0.15) is 37.7 Å². The third-order valence-corrected chi connectivity index (χ3v) is 10.1. The van der Waals surface area contributed by atoms with E-state index in [1.165, 1.54) is 6.07 Å². The molecule has 0 saturated carbocycles. The molecule has 2 aromatic carbocycles. The van der Waals surface area contributed by atoms with E-state index < -0.39 is 5.82 Å². The van der Waals surface area contributed by atoms with Gasteiger partial charge in [0.15, 0.2) is 5.82 Å². The van der Waals surface area contributed by atoms with Gasteiger partial charge in [-0.1, -0.05) is 18.1 Å². The van der Waals surface area contributed by atoms with Crippen molar-refractivity contribution in [3.05, 3.63) is 47.9 Å². The van der Waals surface area contributed by atoms with Crippen LogP contribution in [-0.2, 0) is 4.74 Å². The van der Waals surface area contributed by atoms with Gasteiger partial charge in [-0.15, -0.1) is 6.42 Å². The van der Waals surface area contributed by atoms with Gasteiger partial charge in [0.25, 0.3) is 0 Å². The number of phenolic OH excluding ortho intramolecular Hbond substituents is 1. The van der Waals surface area contributed by atoms with Crippen LogP contribution in [0.25, 0.3) is 32.9 Å². The maximum absolute atomic E-state index is 16.8. The Kier molecular flexibility index (Phi) is 6.59. The first-order chi connectivity index (χ1) is 21.4. The second-order valence-electron chi connectivity index (χ2n) is 12.7. The predicted molar refractivity (Wildman–Crippen MR) is 166 cm³/mol. The van der Waals surface area contributed by atoms with Crippen molar-refractivity contribution in [1.82, 2.24) is 25.2 Å². The van der Waals surface area contributed by atoms with Gasteiger partial charge in [-0.05, 0) is 62.2 Å². The Hall–Kier alpha value is -4.04. The minimum absolute atomic E-state index is 0.00189. The van der Waals surface area contributed by atoms with Crippen LogP contribution in [-0.4, -0.2) is 88.6 Å². The Bertz CT molecular complexity index is 1820. The summed E-state index contributed by atoms with van der Waals surface area (Å²) in [6, 6.07) is 9.45. The number of aromatic nitrogens is 3. The normalized spacial score (nSPS) is 26.4. The number of piperazine rings is 1. The van der Waals surface area contributed by atoms with Crippen molar-refractivity contribution in [2.75, 3.05) is 44.8 Å². The number of benzene rings is 2. The number of rotatable bonds is 6. The third-order valence-electron chi connectivity index (χ3n) is 10.1. The van der Waals surface area contributed by atoms with Crippen molar-refractivity contribution < 1.29 is 19.0 Å². The standard InChI is InChI=1S/C34H35FN6O3/c1-3-20-6-4-7-21-12-24(42)13-26(28(20)21)30-29(35)31-27(15-36-30)32(40-16-22-8-9-23(17-40)37-22)39-33(38-31)44-19-34-10-5-11-41(34)18-25(14-34)43-2/h1,4,6-7,12-13,15,22-23,25,37,42H,5,8-11,14,16-19H2,2H3/t22-,23+,25?,34?. The lowest BCUT2D eigenvalue weighted by molar-refractivity contribution is 0.0997. The van der Waals surface area contributed by atoms with Gasteiger partial charge in [0, 0.05) is 61.5 Å². The van der Waals surface area contributed by atoms with Gasteiger partial charge in [-0.25, -0.2) is 4.39 Å². The Morgan fingerprint density at radius 1 is 1.18 bits per heavy atom. The fourth-order valence-corrected chi connectivity index (χ4v) is 8.03. The van der Waals surface area contributed by atoms with Gasteiger partial charge in [0.05, 0.1) is 17.0 Å². The first kappa shape index (κ1) is 27.5. The number of aromatic hydroxyl groups is 1. The quantitative estimate of drug-likeness (QED) is 0.318. The molecule has 0 aliphatic carbocycles. The molecule has 9 nitrogen and oxygen atoms in total. The molecular formula is C34H35FN6O3. The van der Waals surface area contributed by atoms with Crippen molar-refractivity contribution >= 4 is 27.5 Å². The minimum Gasteiger partial charge on any atom is -0.508 e. The number of ether oxygens (including phenoxy) is 2. The van der Waals surface area contributed by atoms with Gasteiger partial charge in [0.1, 0.15) is 29.4 Å². The van der Waals surface area contributed by atoms with Crippen LogP contribution >= 0.6 is 0 Å². The van der Waals surface area contributed by atoms with Crippen molar-refractivity contribution in [3.8, 4) is 35.4 Å². The summed E-state index contributed by atoms with van der Waals surface area (Å²) in [6.07, 6.45) is 12.8. The molecule has 2 aromatic heterocycles. The van der Waals surface area contributed by atoms with Crippen LogP contribution in [0.3, 0.4) is 0 Å². The Morgan fingerprint density at radius 3 is 2.82 bits per heavy atom. The molecule has 44 heavy (non-hydrogen) atoms. The number of halogens is 1. The maximum atomic E-state index is 16.8. The SMILES string of the molecule is C#Cc1cccc2cc(O)cc(-c3ncc4c(N5C[C@H]6CC[C@@H](C5)N6)nc(OCC56CCCN5CC(OC)C6)nc4c3F)c12. The first-order valence-electron chi connectivity index (χ1n) is 15.5. The zero-order chi connectivity index (χ0) is 30.0. The number of hydrogen-bond donors (Lipinski definition) is 2. The topological polar surface area (TPSA) is 95.9 Å². The number of fused-ring (bicyclic) bond motifs is 5. The van der Waals surface area contributed by atoms with E-state index in [-0.39, 0.29) is 34.6 Å². The number of anilines is 1. The highest BCUT2D eigenvalue weighted by Gasteiger charge is 2.49. The van der Waals surface area contributed by atoms with E-state index in [4.69, 9.17) is 20.9 Å². The monoisotopic (exact) mass is 594 g/mol. The Morgan fingerprint density at radius 2 is 2.02 bits per heavy atom. The molecule has 4 atom stereocenters. The number of pyridine rings is 1. The lowest BCUT2D eigenvalue weighted by atomic mass is 9.94. The summed E-state index contributed by atoms with van der Waals surface area (Å²) in [4.78, 5) is 18.9. The minimum atomic E-state index is -0.603. The van der Waals surface area contributed by atoms with Crippen molar-refractivity contribution in [3.63, 3.8) is 0 Å². The van der Waals surface area contributed by atoms with Gasteiger partial charge in [-0.2, -0.15) is 9.97 Å². The predicted octanol–water partition coefficient (Wildman–Crippen LogP) is 4.24. The van der Waals surface area contributed by atoms with Crippen LogP contribution in [0.2, 0.25) is 0 Å². The highest BCUT2D eigenvalue weighted by atomic mass is 19.1. The van der Waals surface area contributed by atoms with E-state index in [0.717, 1.165) is 58.3 Å². The largest absolute Gasteiger partial charge is 0.508 e. The van der Waals surface area contributed by atoms with Crippen molar-refractivity contribution in [2.24, 2.45) is 0 Å². The third kappa shape index (κ3) is 4.45. The van der Waals surface area contributed by atoms with Crippen LogP contribution in [0.5, 0.6) is 11.8 Å². The zero-order valence-corrected chi connectivity index (χ0v) is 24.7. The van der Waals surface area contributed by atoms with Gasteiger partial charge < -0.3 is 24.8 Å². The second-order valence-corrected chi connectivity index (χ2v) is 12.7. The molecule has 6 heterocycles. The van der Waals surface area contributed by atoms with E-state index in [1.807, 2.05) is 12.1 Å². The Balaban J connectivity index is 1.25. The van der Waals surface area contributed by atoms with Crippen LogP contribution < -0.4 is 15.0 Å². The van der Waals surface area contributed by atoms with Crippen molar-refractivity contribution in [2.45, 2.75) is 55.8 Å². The van der Waals surface area contributed by atoms with Crippen LogP contribution in [0.4, 0.5) is 10.2 Å². The molecule has 2 bridgehead atoms. The number of nitrogens with one attached hydrogen (secondary N) is 1. The number of phenols is 1. The molecule has 2 unspecified atom stereocenters. The average Bonchev–Trinajstić information content (AvgIpc) is 3.70. The number of terminal acetylenes is 1. The first-order valence-corrected chi connectivity index (χ1v) is 15.5. The van der Waals surface area contributed by atoms with E-state index in [2.05, 4.69) is 31.0 Å². The molecule has 0 spiro atoms. The molecule has 0 radical (unpaired) electrons. The average molecular weight is 595 g/mol. The highest BCUT2D eigenvalue weighted by molar-refractivity contribution is 6.02. The fourth-order valence-electron chi connectivity index (χ4n) is 8.03. The summed E-state index contributed by atoms with van der Waals surface area (Å²) in [7, 11) is 1.76. The van der Waals surface area contributed by atoms with Gasteiger partial charge in [0.2, 0.25) is 0 Å². The maximum Gasteiger partial charge on any atom is 0.319 e. The smallest absolute Gasteiger partial charge is 0.319 e. The van der Waals surface area contributed by atoms with E-state index in [0.29, 0.717) is 51.8 Å². The molecule has 4 fully saturated rings. The summed E-state index contributed by atoms with van der Waals surface area (Å²) in [5.41, 5.74) is 1.07. The van der Waals surface area contributed by atoms with Gasteiger partial charge >= 0.3 is 6.01 Å². The van der Waals surface area contributed by atoms with E-state index in [1.54, 1.807) is 25.4 Å². The molecule has 0 amide bonds. The fraction of sp³-hybridized carbons (Fsp3) is 0.441. The summed E-state index contributed by atoms with van der Waals surface area (Å²) < 4.78 is 28.9. The number of nitrogens with zero attached hydrogens (tertiary/aromatic N) is 5. The molecule has 226 valence electrons. The number of methoxy groups -OCH3 is 1. The summed E-state index contributed by atoms with van der Waals surface area (Å²) in [6.45, 7) is 3.84.